The van der Waals surface area contributed by atoms with Gasteiger partial charge in [0.15, 0.2) is 0 Å². The molecule has 0 spiro atoms. The number of rotatable bonds is 11. The molecule has 0 amide bonds. The Morgan fingerprint density at radius 2 is 1.57 bits per heavy atom. The summed E-state index contributed by atoms with van der Waals surface area (Å²) in [6.45, 7) is 9.28. The molecule has 0 aromatic heterocycles. The maximum atomic E-state index is 12.4. The molecule has 2 rings (SSSR count). The van der Waals surface area contributed by atoms with Gasteiger partial charge in [0.1, 0.15) is 0 Å². The topological polar surface area (TPSA) is 35.5 Å². The van der Waals surface area contributed by atoms with Crippen LogP contribution in [0.2, 0.25) is 0 Å². The summed E-state index contributed by atoms with van der Waals surface area (Å²) in [6, 6.07) is 18.8. The van der Waals surface area contributed by atoms with Gasteiger partial charge in [-0.05, 0) is 42.4 Å². The Balaban J connectivity index is 2.19. The molecule has 2 aromatic rings. The van der Waals surface area contributed by atoms with Crippen LogP contribution in [0.15, 0.2) is 54.6 Å². The van der Waals surface area contributed by atoms with Gasteiger partial charge < -0.3 is 9.47 Å². The molecule has 0 heterocycles. The van der Waals surface area contributed by atoms with Crippen LogP contribution in [0.1, 0.15) is 75.7 Å². The highest BCUT2D eigenvalue weighted by Crippen LogP contribution is 2.30. The van der Waals surface area contributed by atoms with E-state index in [-0.39, 0.29) is 18.0 Å². The molecule has 0 radical (unpaired) electrons. The number of esters is 1. The quantitative estimate of drug-likeness (QED) is 0.420. The smallest absolute Gasteiger partial charge is 0.309 e. The highest BCUT2D eigenvalue weighted by Gasteiger charge is 2.25. The van der Waals surface area contributed by atoms with Crippen molar-refractivity contribution in [3.05, 3.63) is 71.3 Å². The second-order valence-electron chi connectivity index (χ2n) is 7.58. The van der Waals surface area contributed by atoms with Gasteiger partial charge in [0.2, 0.25) is 0 Å². The second kappa shape index (κ2) is 11.7. The van der Waals surface area contributed by atoms with Crippen LogP contribution in [-0.2, 0) is 20.9 Å². The predicted octanol–water partition coefficient (Wildman–Crippen LogP) is 6.44. The monoisotopic (exact) mass is 382 g/mol. The van der Waals surface area contributed by atoms with E-state index in [1.165, 1.54) is 5.56 Å². The third-order valence-electron chi connectivity index (χ3n) is 5.02. The average Bonchev–Trinajstić information content (AvgIpc) is 2.71. The van der Waals surface area contributed by atoms with E-state index < -0.39 is 0 Å². The predicted molar refractivity (Wildman–Crippen MR) is 114 cm³/mol. The van der Waals surface area contributed by atoms with E-state index in [9.17, 15) is 4.79 Å². The Hall–Kier alpha value is -2.13. The van der Waals surface area contributed by atoms with Gasteiger partial charge in [0.05, 0.1) is 25.2 Å². The van der Waals surface area contributed by atoms with Gasteiger partial charge in [-0.15, -0.1) is 0 Å². The van der Waals surface area contributed by atoms with Crippen molar-refractivity contribution in [1.29, 1.82) is 0 Å². The standard InChI is InChI=1S/C25H34O3/c1-5-10-23(25(26)27-6-2)17-24(28-18-20-11-8-7-9-12-20)22-15-13-21(14-16-22)19(3)4/h7-9,11-16,19,23-24H,5-6,10,17-18H2,1-4H3/t23-,24-/m0/s1. The van der Waals surface area contributed by atoms with Crippen LogP contribution < -0.4 is 0 Å². The molecule has 28 heavy (non-hydrogen) atoms. The van der Waals surface area contributed by atoms with Crippen molar-refractivity contribution >= 4 is 5.97 Å². The first-order chi connectivity index (χ1) is 13.5. The lowest BCUT2D eigenvalue weighted by Crippen LogP contribution is -2.21. The summed E-state index contributed by atoms with van der Waals surface area (Å²) < 4.78 is 11.6. The summed E-state index contributed by atoms with van der Waals surface area (Å²) in [5.74, 6) is 0.233. The van der Waals surface area contributed by atoms with Crippen molar-refractivity contribution in [2.24, 2.45) is 5.92 Å². The lowest BCUT2D eigenvalue weighted by atomic mass is 9.92. The van der Waals surface area contributed by atoms with Crippen molar-refractivity contribution in [2.45, 2.75) is 65.6 Å². The molecule has 2 aromatic carbocycles. The highest BCUT2D eigenvalue weighted by molar-refractivity contribution is 5.72. The second-order valence-corrected chi connectivity index (χ2v) is 7.58. The number of hydrogen-bond donors (Lipinski definition) is 0. The van der Waals surface area contributed by atoms with Gasteiger partial charge >= 0.3 is 5.97 Å². The molecular formula is C25H34O3. The molecule has 0 saturated carbocycles. The average molecular weight is 383 g/mol. The number of hydrogen-bond acceptors (Lipinski definition) is 3. The molecule has 3 nitrogen and oxygen atoms in total. The maximum Gasteiger partial charge on any atom is 0.309 e. The van der Waals surface area contributed by atoms with Crippen molar-refractivity contribution in [1.82, 2.24) is 0 Å². The zero-order valence-corrected chi connectivity index (χ0v) is 17.7. The molecule has 0 aliphatic carbocycles. The molecule has 0 N–H and O–H groups in total. The lowest BCUT2D eigenvalue weighted by Gasteiger charge is -2.24. The molecule has 3 heteroatoms. The van der Waals surface area contributed by atoms with Gasteiger partial charge in [-0.25, -0.2) is 0 Å². The van der Waals surface area contributed by atoms with Crippen LogP contribution in [0.25, 0.3) is 0 Å². The maximum absolute atomic E-state index is 12.4. The summed E-state index contributed by atoms with van der Waals surface area (Å²) >= 11 is 0. The largest absolute Gasteiger partial charge is 0.466 e. The number of carbonyl (C=O) groups is 1. The van der Waals surface area contributed by atoms with Gasteiger partial charge in [0, 0.05) is 0 Å². The zero-order valence-electron chi connectivity index (χ0n) is 17.7. The van der Waals surface area contributed by atoms with Crippen LogP contribution in [0.5, 0.6) is 0 Å². The Kier molecular flexibility index (Phi) is 9.22. The Morgan fingerprint density at radius 1 is 0.929 bits per heavy atom. The van der Waals surface area contributed by atoms with E-state index in [0.717, 1.165) is 24.0 Å². The normalized spacial score (nSPS) is 13.3. The molecule has 152 valence electrons. The van der Waals surface area contributed by atoms with E-state index in [4.69, 9.17) is 9.47 Å². The van der Waals surface area contributed by atoms with Crippen molar-refractivity contribution < 1.29 is 14.3 Å². The van der Waals surface area contributed by atoms with E-state index in [1.54, 1.807) is 0 Å². The fourth-order valence-corrected chi connectivity index (χ4v) is 3.37. The molecule has 0 aliphatic heterocycles. The zero-order chi connectivity index (χ0) is 20.4. The van der Waals surface area contributed by atoms with Crippen molar-refractivity contribution in [2.75, 3.05) is 6.61 Å². The fraction of sp³-hybridized carbons (Fsp3) is 0.480. The molecule has 2 atom stereocenters. The molecule has 0 saturated heterocycles. The van der Waals surface area contributed by atoms with E-state index in [1.807, 2.05) is 25.1 Å². The van der Waals surface area contributed by atoms with Crippen LogP contribution in [0, 0.1) is 5.92 Å². The van der Waals surface area contributed by atoms with Crippen molar-refractivity contribution in [3.63, 3.8) is 0 Å². The Bertz CT molecular complexity index is 691. The summed E-state index contributed by atoms with van der Waals surface area (Å²) in [6.07, 6.45) is 2.26. The first-order valence-electron chi connectivity index (χ1n) is 10.5. The highest BCUT2D eigenvalue weighted by atomic mass is 16.5. The first-order valence-corrected chi connectivity index (χ1v) is 10.5. The van der Waals surface area contributed by atoms with Gasteiger partial charge in [-0.2, -0.15) is 0 Å². The Labute approximate surface area is 170 Å². The lowest BCUT2D eigenvalue weighted by molar-refractivity contribution is -0.150. The van der Waals surface area contributed by atoms with Gasteiger partial charge in [-0.1, -0.05) is 81.8 Å². The van der Waals surface area contributed by atoms with Crippen LogP contribution in [0.3, 0.4) is 0 Å². The summed E-state index contributed by atoms with van der Waals surface area (Å²) in [4.78, 5) is 12.4. The SMILES string of the molecule is CCC[C@@H](C[C@H](OCc1ccccc1)c1ccc(C(C)C)cc1)C(=O)OCC. The van der Waals surface area contributed by atoms with Crippen LogP contribution >= 0.6 is 0 Å². The summed E-state index contributed by atoms with van der Waals surface area (Å²) in [5, 5.41) is 0. The Morgan fingerprint density at radius 3 is 2.14 bits per heavy atom. The third-order valence-corrected chi connectivity index (χ3v) is 5.02. The number of ether oxygens (including phenoxy) is 2. The minimum atomic E-state index is -0.143. The van der Waals surface area contributed by atoms with Crippen molar-refractivity contribution in [3.8, 4) is 0 Å². The molecular weight excluding hydrogens is 348 g/mol. The first kappa shape index (κ1) is 22.2. The molecule has 0 unspecified atom stereocenters. The van der Waals surface area contributed by atoms with Crippen LogP contribution in [-0.4, -0.2) is 12.6 Å². The van der Waals surface area contributed by atoms with Crippen LogP contribution in [0.4, 0.5) is 0 Å². The summed E-state index contributed by atoms with van der Waals surface area (Å²) in [7, 11) is 0. The van der Waals surface area contributed by atoms with Gasteiger partial charge in [0.25, 0.3) is 0 Å². The summed E-state index contributed by atoms with van der Waals surface area (Å²) in [5.41, 5.74) is 3.56. The van der Waals surface area contributed by atoms with Gasteiger partial charge in [-0.3, -0.25) is 4.79 Å². The molecule has 0 bridgehead atoms. The van der Waals surface area contributed by atoms with E-state index in [0.29, 0.717) is 25.6 Å². The molecule has 0 aliphatic rings. The minimum Gasteiger partial charge on any atom is -0.466 e. The van der Waals surface area contributed by atoms with E-state index in [2.05, 4.69) is 57.2 Å². The fourth-order valence-electron chi connectivity index (χ4n) is 3.37. The molecule has 0 fully saturated rings. The number of carbonyl (C=O) groups excluding carboxylic acids is 1. The minimum absolute atomic E-state index is 0.114. The number of benzene rings is 2. The third kappa shape index (κ3) is 6.79. The van der Waals surface area contributed by atoms with E-state index >= 15 is 0 Å².